The molecule has 0 bridgehead atoms. The van der Waals surface area contributed by atoms with E-state index in [1.54, 1.807) is 12.4 Å². The number of carbonyl (C=O) groups excluding carboxylic acids is 1. The monoisotopic (exact) mass is 360 g/mol. The molecule has 3 heterocycles. The van der Waals surface area contributed by atoms with Gasteiger partial charge in [0, 0.05) is 37.6 Å². The van der Waals surface area contributed by atoms with Crippen molar-refractivity contribution >= 4 is 18.3 Å². The summed E-state index contributed by atoms with van der Waals surface area (Å²) in [6, 6.07) is 3.89. The highest BCUT2D eigenvalue weighted by molar-refractivity contribution is 5.94. The van der Waals surface area contributed by atoms with Gasteiger partial charge in [-0.25, -0.2) is 14.8 Å². The first kappa shape index (κ1) is 19.3. The number of carboxylic acid groups (broad SMARTS) is 1. The van der Waals surface area contributed by atoms with Crippen molar-refractivity contribution in [2.75, 3.05) is 25.1 Å². The predicted octanol–water partition coefficient (Wildman–Crippen LogP) is 0.399. The maximum atomic E-state index is 11.8. The van der Waals surface area contributed by atoms with Crippen molar-refractivity contribution in [3.63, 3.8) is 0 Å². The van der Waals surface area contributed by atoms with Crippen LogP contribution >= 0.6 is 0 Å². The number of β-amino-alcohol motifs (C(OH)–C–C–N with tert-alkyl or cyclic N) is 1. The molecule has 2 aromatic heterocycles. The summed E-state index contributed by atoms with van der Waals surface area (Å²) < 4.78 is 4.77. The number of aromatic nitrogens is 3. The number of ether oxygens (including phenoxy) is 1. The molecule has 0 amide bonds. The summed E-state index contributed by atoms with van der Waals surface area (Å²) in [6.07, 6.45) is 6.59. The van der Waals surface area contributed by atoms with E-state index in [-0.39, 0.29) is 12.4 Å². The first-order chi connectivity index (χ1) is 12.6. The number of hydrogen-bond acceptors (Lipinski definition) is 8. The molecule has 0 aromatic carbocycles. The topological polar surface area (TPSA) is 126 Å². The number of nitrogens with zero attached hydrogens (tertiary/aromatic N) is 4. The molecule has 0 spiro atoms. The molecule has 0 unspecified atom stereocenters. The molecule has 9 heteroatoms. The number of carbonyl (C=O) groups is 2. The van der Waals surface area contributed by atoms with Gasteiger partial charge in [-0.2, -0.15) is 0 Å². The number of esters is 1. The van der Waals surface area contributed by atoms with Gasteiger partial charge in [-0.05, 0) is 24.1 Å². The van der Waals surface area contributed by atoms with Gasteiger partial charge in [0.2, 0.25) is 0 Å². The molecule has 0 aliphatic carbocycles. The third kappa shape index (κ3) is 4.73. The second-order valence-corrected chi connectivity index (χ2v) is 5.65. The van der Waals surface area contributed by atoms with Crippen LogP contribution in [0.25, 0.3) is 0 Å². The summed E-state index contributed by atoms with van der Waals surface area (Å²) in [5.74, 6) is 0.0914. The van der Waals surface area contributed by atoms with Crippen LogP contribution in [0.1, 0.15) is 15.9 Å². The maximum absolute atomic E-state index is 11.8. The summed E-state index contributed by atoms with van der Waals surface area (Å²) in [5, 5.41) is 17.2. The fourth-order valence-electron chi connectivity index (χ4n) is 2.88. The van der Waals surface area contributed by atoms with Gasteiger partial charge >= 0.3 is 5.97 Å². The normalized spacial score (nSPS) is 18.6. The lowest BCUT2D eigenvalue weighted by molar-refractivity contribution is -0.122. The lowest BCUT2D eigenvalue weighted by atomic mass is 9.97. The molecule has 1 aliphatic rings. The van der Waals surface area contributed by atoms with Crippen molar-refractivity contribution in [1.29, 1.82) is 0 Å². The average molecular weight is 360 g/mol. The van der Waals surface area contributed by atoms with E-state index in [2.05, 4.69) is 15.0 Å². The molecule has 1 fully saturated rings. The van der Waals surface area contributed by atoms with Gasteiger partial charge in [0.15, 0.2) is 0 Å². The summed E-state index contributed by atoms with van der Waals surface area (Å²) in [4.78, 5) is 34.2. The van der Waals surface area contributed by atoms with E-state index in [1.807, 2.05) is 17.0 Å². The zero-order valence-corrected chi connectivity index (χ0v) is 14.2. The van der Waals surface area contributed by atoms with E-state index >= 15 is 0 Å². The molecule has 0 saturated carbocycles. The molecule has 9 nitrogen and oxygen atoms in total. The van der Waals surface area contributed by atoms with E-state index in [4.69, 9.17) is 14.6 Å². The Morgan fingerprint density at radius 2 is 2.04 bits per heavy atom. The number of hydrogen-bond donors (Lipinski definition) is 2. The van der Waals surface area contributed by atoms with Gasteiger partial charge in [-0.3, -0.25) is 9.78 Å². The molecule has 2 N–H and O–H groups in total. The second kappa shape index (κ2) is 9.42. The van der Waals surface area contributed by atoms with Crippen LogP contribution in [0.5, 0.6) is 0 Å². The summed E-state index contributed by atoms with van der Waals surface area (Å²) in [7, 11) is 1.32. The van der Waals surface area contributed by atoms with E-state index < -0.39 is 12.1 Å². The van der Waals surface area contributed by atoms with Crippen LogP contribution in [0.15, 0.2) is 37.1 Å². The minimum absolute atomic E-state index is 0.0675. The van der Waals surface area contributed by atoms with E-state index in [0.29, 0.717) is 24.5 Å². The first-order valence-electron chi connectivity index (χ1n) is 7.88. The van der Waals surface area contributed by atoms with Crippen LogP contribution < -0.4 is 4.90 Å². The van der Waals surface area contributed by atoms with Crippen LogP contribution in [0.2, 0.25) is 0 Å². The van der Waals surface area contributed by atoms with Crippen molar-refractivity contribution in [2.24, 2.45) is 5.92 Å². The molecule has 2 aromatic rings. The Morgan fingerprint density at radius 1 is 1.35 bits per heavy atom. The van der Waals surface area contributed by atoms with Crippen LogP contribution in [-0.2, 0) is 16.0 Å². The summed E-state index contributed by atoms with van der Waals surface area (Å²) in [5.41, 5.74) is 1.44. The van der Waals surface area contributed by atoms with E-state index in [1.165, 1.54) is 19.6 Å². The summed E-state index contributed by atoms with van der Waals surface area (Å²) >= 11 is 0. The SMILES string of the molecule is COC(=O)c1cncnc1N1C[C@@H](Cc2ccncc2)[C@@H](O)C1.O=CO. The standard InChI is InChI=1S/C16H18N4O3.CH2O2/c1-23-16(22)13-7-18-10-19-15(13)20-8-12(14(21)9-20)6-11-2-4-17-5-3-11;2-1-3/h2-5,7,10,12,14,21H,6,8-9H2,1H3;1H,(H,2,3)/t12-,14+;/m1./s1. The number of aliphatic hydroxyl groups is 1. The first-order valence-corrected chi connectivity index (χ1v) is 7.88. The molecule has 3 rings (SSSR count). The van der Waals surface area contributed by atoms with Crippen molar-refractivity contribution < 1.29 is 24.5 Å². The quantitative estimate of drug-likeness (QED) is 0.588. The smallest absolute Gasteiger partial charge is 0.343 e. The molecular formula is C17H20N4O5. The van der Waals surface area contributed by atoms with E-state index in [9.17, 15) is 9.90 Å². The molecular weight excluding hydrogens is 340 g/mol. The number of anilines is 1. The highest BCUT2D eigenvalue weighted by Gasteiger charge is 2.34. The number of pyridine rings is 1. The van der Waals surface area contributed by atoms with Gasteiger partial charge < -0.3 is 19.8 Å². The zero-order valence-electron chi connectivity index (χ0n) is 14.2. The van der Waals surface area contributed by atoms with E-state index in [0.717, 1.165) is 12.0 Å². The molecule has 26 heavy (non-hydrogen) atoms. The fraction of sp³-hybridized carbons (Fsp3) is 0.353. The summed E-state index contributed by atoms with van der Waals surface area (Å²) in [6.45, 7) is 0.793. The van der Waals surface area contributed by atoms with Crippen LogP contribution in [-0.4, -0.2) is 63.9 Å². The molecule has 1 saturated heterocycles. The number of aliphatic hydroxyl groups excluding tert-OH is 1. The Labute approximate surface area is 150 Å². The van der Waals surface area contributed by atoms with Crippen LogP contribution in [0.4, 0.5) is 5.82 Å². The maximum Gasteiger partial charge on any atom is 0.343 e. The Morgan fingerprint density at radius 3 is 2.69 bits per heavy atom. The molecule has 138 valence electrons. The van der Waals surface area contributed by atoms with Crippen molar-refractivity contribution in [2.45, 2.75) is 12.5 Å². The largest absolute Gasteiger partial charge is 0.483 e. The highest BCUT2D eigenvalue weighted by Crippen LogP contribution is 2.27. The Kier molecular flexibility index (Phi) is 6.98. The Hall–Kier alpha value is -3.07. The van der Waals surface area contributed by atoms with Gasteiger partial charge in [0.05, 0.1) is 13.2 Å². The molecule has 0 radical (unpaired) electrons. The third-order valence-electron chi connectivity index (χ3n) is 4.05. The minimum Gasteiger partial charge on any atom is -0.483 e. The van der Waals surface area contributed by atoms with Gasteiger partial charge in [-0.15, -0.1) is 0 Å². The zero-order chi connectivity index (χ0) is 18.9. The van der Waals surface area contributed by atoms with Crippen molar-refractivity contribution in [1.82, 2.24) is 15.0 Å². The predicted molar refractivity (Wildman–Crippen MR) is 91.7 cm³/mol. The average Bonchev–Trinajstić information content (AvgIpc) is 3.03. The Bertz CT molecular complexity index is 728. The lowest BCUT2D eigenvalue weighted by Gasteiger charge is -2.19. The van der Waals surface area contributed by atoms with Gasteiger partial charge in [0.1, 0.15) is 17.7 Å². The fourth-order valence-corrected chi connectivity index (χ4v) is 2.88. The third-order valence-corrected chi connectivity index (χ3v) is 4.05. The van der Waals surface area contributed by atoms with Crippen LogP contribution in [0.3, 0.4) is 0 Å². The van der Waals surface area contributed by atoms with Crippen molar-refractivity contribution in [3.05, 3.63) is 48.2 Å². The molecule has 2 atom stereocenters. The van der Waals surface area contributed by atoms with Crippen molar-refractivity contribution in [3.8, 4) is 0 Å². The highest BCUT2D eigenvalue weighted by atomic mass is 16.5. The molecule has 1 aliphatic heterocycles. The second-order valence-electron chi connectivity index (χ2n) is 5.65. The minimum atomic E-state index is -0.483. The van der Waals surface area contributed by atoms with Gasteiger partial charge in [0.25, 0.3) is 6.47 Å². The van der Waals surface area contributed by atoms with Gasteiger partial charge in [-0.1, -0.05) is 0 Å². The number of rotatable bonds is 4. The number of methoxy groups -OCH3 is 1. The lowest BCUT2D eigenvalue weighted by Crippen LogP contribution is -2.25. The van der Waals surface area contributed by atoms with Crippen LogP contribution in [0, 0.1) is 5.92 Å². The Balaban J connectivity index is 0.000000758.